The maximum absolute atomic E-state index is 12.0. The van der Waals surface area contributed by atoms with E-state index in [2.05, 4.69) is 11.3 Å². The number of esters is 2. The van der Waals surface area contributed by atoms with Crippen molar-refractivity contribution in [2.75, 3.05) is 7.11 Å². The lowest BCUT2D eigenvalue weighted by Gasteiger charge is -2.26. The van der Waals surface area contributed by atoms with Crippen molar-refractivity contribution in [1.29, 1.82) is 0 Å². The van der Waals surface area contributed by atoms with Gasteiger partial charge in [0.05, 0.1) is 7.11 Å². The van der Waals surface area contributed by atoms with Crippen molar-refractivity contribution >= 4 is 22.1 Å². The number of methoxy groups -OCH3 is 1. The Morgan fingerprint density at radius 2 is 1.86 bits per heavy atom. The number of ether oxygens (including phenoxy) is 3. The maximum atomic E-state index is 12.0. The van der Waals surface area contributed by atoms with Gasteiger partial charge in [0.15, 0.2) is 11.4 Å². The highest BCUT2D eigenvalue weighted by Crippen LogP contribution is 2.51. The molecular weight excluding hydrogens is 304 g/mol. The summed E-state index contributed by atoms with van der Waals surface area (Å²) in [5, 5.41) is -1.11. The molecule has 3 heterocycles. The van der Waals surface area contributed by atoms with Crippen LogP contribution in [0.15, 0.2) is 12.2 Å². The minimum absolute atomic E-state index is 0.125. The molecular formula is C12H14O8S. The van der Waals surface area contributed by atoms with Crippen molar-refractivity contribution in [2.24, 2.45) is 5.92 Å². The molecule has 6 atom stereocenters. The van der Waals surface area contributed by atoms with Crippen LogP contribution in [0, 0.1) is 5.92 Å². The second kappa shape index (κ2) is 4.52. The first-order valence-electron chi connectivity index (χ1n) is 6.30. The van der Waals surface area contributed by atoms with Crippen LogP contribution in [-0.2, 0) is 38.1 Å². The van der Waals surface area contributed by atoms with Gasteiger partial charge in [-0.1, -0.05) is 6.58 Å². The molecule has 0 saturated carbocycles. The number of fused-ring (bicyclic) bond motifs is 1. The van der Waals surface area contributed by atoms with E-state index in [9.17, 15) is 18.0 Å². The minimum Gasteiger partial charge on any atom is -0.469 e. The first-order valence-corrected chi connectivity index (χ1v) is 7.77. The van der Waals surface area contributed by atoms with E-state index in [1.165, 1.54) is 14.0 Å². The quantitative estimate of drug-likeness (QED) is 0.376. The molecule has 0 aromatic heterocycles. The molecule has 8 nitrogen and oxygen atoms in total. The predicted molar refractivity (Wildman–Crippen MR) is 66.4 cm³/mol. The molecule has 9 heteroatoms. The molecule has 6 unspecified atom stereocenters. The zero-order valence-electron chi connectivity index (χ0n) is 11.3. The van der Waals surface area contributed by atoms with E-state index in [1.807, 2.05) is 0 Å². The lowest BCUT2D eigenvalue weighted by atomic mass is 9.84. The van der Waals surface area contributed by atoms with Crippen LogP contribution in [0.1, 0.15) is 6.92 Å². The standard InChI is InChI=1S/C12H14O8S/c1-4(2)11(13)19-8-6-5(12(14)17-3)7-9(18-6)10(8)21(15,16)20-7/h5-10H,1H2,2-3H3. The summed E-state index contributed by atoms with van der Waals surface area (Å²) in [5.74, 6) is -2.32. The Morgan fingerprint density at radius 1 is 1.19 bits per heavy atom. The van der Waals surface area contributed by atoms with Gasteiger partial charge in [0.25, 0.3) is 10.1 Å². The van der Waals surface area contributed by atoms with Gasteiger partial charge in [-0.25, -0.2) is 4.79 Å². The predicted octanol–water partition coefficient (Wildman–Crippen LogP) is -0.858. The van der Waals surface area contributed by atoms with Crippen molar-refractivity contribution in [3.63, 3.8) is 0 Å². The van der Waals surface area contributed by atoms with Gasteiger partial charge in [-0.15, -0.1) is 0 Å². The molecule has 3 aliphatic heterocycles. The van der Waals surface area contributed by atoms with Gasteiger partial charge >= 0.3 is 11.9 Å². The molecule has 0 amide bonds. The van der Waals surface area contributed by atoms with Crippen LogP contribution in [0.25, 0.3) is 0 Å². The fraction of sp³-hybridized carbons (Fsp3) is 0.667. The third-order valence-electron chi connectivity index (χ3n) is 3.96. The first kappa shape index (κ1) is 14.5. The number of carbonyl (C=O) groups is 2. The lowest BCUT2D eigenvalue weighted by molar-refractivity contribution is -0.157. The third kappa shape index (κ3) is 1.91. The molecule has 21 heavy (non-hydrogen) atoms. The van der Waals surface area contributed by atoms with E-state index in [0.717, 1.165) is 0 Å². The highest BCUT2D eigenvalue weighted by atomic mass is 32.2. The summed E-state index contributed by atoms with van der Waals surface area (Å²) in [6.07, 6.45) is -3.74. The number of hydrogen-bond acceptors (Lipinski definition) is 8. The van der Waals surface area contributed by atoms with Crippen LogP contribution in [0.5, 0.6) is 0 Å². The lowest BCUT2D eigenvalue weighted by Crippen LogP contribution is -2.50. The van der Waals surface area contributed by atoms with Crippen molar-refractivity contribution in [3.05, 3.63) is 12.2 Å². The van der Waals surface area contributed by atoms with Gasteiger partial charge in [0.1, 0.15) is 24.2 Å². The largest absolute Gasteiger partial charge is 0.469 e. The van der Waals surface area contributed by atoms with E-state index < -0.39 is 57.6 Å². The van der Waals surface area contributed by atoms with Gasteiger partial charge in [-0.2, -0.15) is 8.42 Å². The van der Waals surface area contributed by atoms with Crippen molar-refractivity contribution in [3.8, 4) is 0 Å². The molecule has 0 N–H and O–H groups in total. The van der Waals surface area contributed by atoms with Crippen LogP contribution in [-0.4, -0.2) is 57.1 Å². The molecule has 0 radical (unpaired) electrons. The molecule has 0 aliphatic carbocycles. The smallest absolute Gasteiger partial charge is 0.333 e. The minimum atomic E-state index is -3.97. The first-order chi connectivity index (χ1) is 9.77. The second-order valence-corrected chi connectivity index (χ2v) is 7.01. The Morgan fingerprint density at radius 3 is 2.43 bits per heavy atom. The summed E-state index contributed by atoms with van der Waals surface area (Å²) < 4.78 is 44.4. The van der Waals surface area contributed by atoms with Crippen molar-refractivity contribution in [2.45, 2.75) is 36.6 Å². The van der Waals surface area contributed by atoms with Crippen molar-refractivity contribution < 1.29 is 36.4 Å². The summed E-state index contributed by atoms with van der Waals surface area (Å²) in [7, 11) is -2.78. The normalized spacial score (nSPS) is 41.8. The average molecular weight is 318 g/mol. The highest BCUT2D eigenvalue weighted by molar-refractivity contribution is 7.87. The summed E-state index contributed by atoms with van der Waals surface area (Å²) in [4.78, 5) is 23.5. The van der Waals surface area contributed by atoms with E-state index in [0.29, 0.717) is 0 Å². The summed E-state index contributed by atoms with van der Waals surface area (Å²) in [5.41, 5.74) is 0.125. The number of carbonyl (C=O) groups excluding carboxylic acids is 2. The summed E-state index contributed by atoms with van der Waals surface area (Å²) in [6, 6.07) is 0. The van der Waals surface area contributed by atoms with Gasteiger partial charge in [0.2, 0.25) is 0 Å². The summed E-state index contributed by atoms with van der Waals surface area (Å²) >= 11 is 0. The van der Waals surface area contributed by atoms with Crippen LogP contribution in [0.3, 0.4) is 0 Å². The molecule has 3 fully saturated rings. The molecule has 116 valence electrons. The molecule has 0 aromatic carbocycles. The fourth-order valence-electron chi connectivity index (χ4n) is 3.08. The van der Waals surface area contributed by atoms with Crippen molar-refractivity contribution in [1.82, 2.24) is 0 Å². The van der Waals surface area contributed by atoms with Crippen LogP contribution >= 0.6 is 0 Å². The fourth-order valence-corrected chi connectivity index (χ4v) is 4.83. The molecule has 3 saturated heterocycles. The molecule has 0 spiro atoms. The Hall–Kier alpha value is -1.45. The molecule has 3 aliphatic rings. The SMILES string of the molecule is C=C(C)C(=O)OC1C2OC3C(OS(=O)(=O)C13)C2C(=O)OC. The average Bonchev–Trinajstić information content (AvgIpc) is 2.97. The highest BCUT2D eigenvalue weighted by Gasteiger charge is 2.73. The van der Waals surface area contributed by atoms with Crippen LogP contribution in [0.2, 0.25) is 0 Å². The molecule has 2 bridgehead atoms. The monoisotopic (exact) mass is 318 g/mol. The summed E-state index contributed by atoms with van der Waals surface area (Å²) in [6.45, 7) is 4.88. The van der Waals surface area contributed by atoms with Crippen LogP contribution < -0.4 is 0 Å². The Balaban J connectivity index is 1.96. The number of hydrogen-bond donors (Lipinski definition) is 0. The topological polar surface area (TPSA) is 105 Å². The van der Waals surface area contributed by atoms with E-state index in [-0.39, 0.29) is 5.57 Å². The van der Waals surface area contributed by atoms with E-state index in [1.54, 1.807) is 0 Å². The van der Waals surface area contributed by atoms with E-state index >= 15 is 0 Å². The van der Waals surface area contributed by atoms with E-state index in [4.69, 9.17) is 13.7 Å². The zero-order chi connectivity index (χ0) is 15.5. The zero-order valence-corrected chi connectivity index (χ0v) is 12.2. The van der Waals surface area contributed by atoms with Gasteiger partial charge < -0.3 is 14.2 Å². The Labute approximate surface area is 121 Å². The molecule has 3 rings (SSSR count). The Bertz CT molecular complexity index is 623. The number of rotatable bonds is 3. The van der Waals surface area contributed by atoms with Gasteiger partial charge in [-0.05, 0) is 6.92 Å². The third-order valence-corrected chi connectivity index (χ3v) is 5.65. The molecule has 0 aromatic rings. The Kier molecular flexibility index (Phi) is 3.12. The van der Waals surface area contributed by atoms with Gasteiger partial charge in [-0.3, -0.25) is 8.98 Å². The second-order valence-electron chi connectivity index (χ2n) is 5.28. The maximum Gasteiger partial charge on any atom is 0.333 e. The van der Waals surface area contributed by atoms with Gasteiger partial charge in [0, 0.05) is 5.57 Å². The van der Waals surface area contributed by atoms with Crippen LogP contribution in [0.4, 0.5) is 0 Å².